The summed E-state index contributed by atoms with van der Waals surface area (Å²) in [6, 6.07) is 2.69. The Morgan fingerprint density at radius 1 is 1.44 bits per heavy atom. The molecule has 4 aliphatic rings. The second-order valence-corrected chi connectivity index (χ2v) is 7.82. The van der Waals surface area contributed by atoms with E-state index in [2.05, 4.69) is 5.92 Å². The standard InChI is InChI=1S/C19H19NO5/c1-2-8-20(24)9-7-18-15-11-3-4-12(21)16(15)25-17(18)13(22)5-6-19(18,23)14(20)10-11/h1,3-4,14,17,21,23H,5-10H2/t14-,17+,18+,19?,20?/m1/s1. The van der Waals surface area contributed by atoms with Gasteiger partial charge >= 0.3 is 0 Å². The number of aliphatic hydroxyl groups is 1. The number of carbonyl (C=O) groups excluding carboxylic acids is 1. The lowest BCUT2D eigenvalue weighted by molar-refractivity contribution is -0.915. The number of phenolic OH excluding ortho intramolecular Hbond substituents is 1. The van der Waals surface area contributed by atoms with Gasteiger partial charge in [-0.25, -0.2) is 0 Å². The van der Waals surface area contributed by atoms with Crippen molar-refractivity contribution in [2.45, 2.75) is 48.8 Å². The normalized spacial score (nSPS) is 43.2. The Hall–Kier alpha value is -2.07. The average Bonchev–Trinajstić information content (AvgIpc) is 2.93. The molecule has 2 aliphatic heterocycles. The maximum atomic E-state index is 13.5. The summed E-state index contributed by atoms with van der Waals surface area (Å²) in [6.45, 7) is 0.238. The minimum Gasteiger partial charge on any atom is -0.632 e. The maximum Gasteiger partial charge on any atom is 0.174 e. The smallest absolute Gasteiger partial charge is 0.174 e. The van der Waals surface area contributed by atoms with Gasteiger partial charge in [0.1, 0.15) is 18.2 Å². The van der Waals surface area contributed by atoms with E-state index in [0.717, 1.165) is 11.1 Å². The van der Waals surface area contributed by atoms with Crippen molar-refractivity contribution in [2.24, 2.45) is 0 Å². The first kappa shape index (κ1) is 15.2. The van der Waals surface area contributed by atoms with E-state index in [1.807, 2.05) is 0 Å². The fourth-order valence-corrected chi connectivity index (χ4v) is 5.93. The molecule has 2 N–H and O–H groups in total. The topological polar surface area (TPSA) is 89.8 Å². The zero-order valence-corrected chi connectivity index (χ0v) is 13.7. The molecule has 25 heavy (non-hydrogen) atoms. The molecule has 1 spiro atoms. The quantitative estimate of drug-likeness (QED) is 0.447. The average molecular weight is 341 g/mol. The maximum absolute atomic E-state index is 13.5. The van der Waals surface area contributed by atoms with Crippen LogP contribution in [0.2, 0.25) is 0 Å². The lowest BCUT2D eigenvalue weighted by atomic mass is 9.49. The third-order valence-corrected chi connectivity index (χ3v) is 6.95. The molecule has 2 aliphatic carbocycles. The SMILES string of the molecule is C#CC[N+]1([O-])CC[C@]23c4c5ccc(O)c4O[C@H]2C(=O)CCC3(O)[C@H]1C5. The van der Waals surface area contributed by atoms with Crippen molar-refractivity contribution in [3.8, 4) is 23.8 Å². The third kappa shape index (κ3) is 1.47. The highest BCUT2D eigenvalue weighted by Crippen LogP contribution is 2.65. The summed E-state index contributed by atoms with van der Waals surface area (Å²) in [5, 5.41) is 35.5. The van der Waals surface area contributed by atoms with E-state index in [-0.39, 0.29) is 37.5 Å². The number of carbonyl (C=O) groups is 1. The number of ketones is 1. The minimum absolute atomic E-state index is 0.00278. The van der Waals surface area contributed by atoms with Crippen molar-refractivity contribution in [3.05, 3.63) is 28.5 Å². The second-order valence-electron chi connectivity index (χ2n) is 7.82. The number of Topliss-reactive ketones (excluding diaryl/α,β-unsaturated/α-hetero) is 1. The van der Waals surface area contributed by atoms with Gasteiger partial charge in [0.15, 0.2) is 23.4 Å². The Bertz CT molecular complexity index is 860. The van der Waals surface area contributed by atoms with Crippen molar-refractivity contribution in [1.29, 1.82) is 0 Å². The molecule has 2 heterocycles. The predicted molar refractivity (Wildman–Crippen MR) is 87.7 cm³/mol. The third-order valence-electron chi connectivity index (χ3n) is 6.95. The highest BCUT2D eigenvalue weighted by molar-refractivity contribution is 5.90. The molecule has 2 bridgehead atoms. The number of piperidine rings is 1. The molecule has 1 aromatic carbocycles. The van der Waals surface area contributed by atoms with Gasteiger partial charge < -0.3 is 24.8 Å². The van der Waals surface area contributed by atoms with Gasteiger partial charge in [0.25, 0.3) is 0 Å². The molecule has 0 amide bonds. The Kier molecular flexibility index (Phi) is 2.65. The van der Waals surface area contributed by atoms with E-state index in [1.165, 1.54) is 6.07 Å². The van der Waals surface area contributed by atoms with Crippen LogP contribution in [0.25, 0.3) is 0 Å². The van der Waals surface area contributed by atoms with Crippen molar-refractivity contribution in [2.75, 3.05) is 13.1 Å². The van der Waals surface area contributed by atoms with Gasteiger partial charge in [0.05, 0.1) is 12.0 Å². The van der Waals surface area contributed by atoms with Crippen LogP contribution >= 0.6 is 0 Å². The van der Waals surface area contributed by atoms with Crippen molar-refractivity contribution in [1.82, 2.24) is 0 Å². The summed E-state index contributed by atoms with van der Waals surface area (Å²) < 4.78 is 5.27. The van der Waals surface area contributed by atoms with Crippen LogP contribution in [0, 0.1) is 17.6 Å². The van der Waals surface area contributed by atoms with Gasteiger partial charge in [-0.05, 0) is 24.0 Å². The van der Waals surface area contributed by atoms with Crippen LogP contribution in [-0.2, 0) is 16.6 Å². The fraction of sp³-hybridized carbons (Fsp3) is 0.526. The van der Waals surface area contributed by atoms with Crippen LogP contribution in [0.15, 0.2) is 12.1 Å². The van der Waals surface area contributed by atoms with Crippen molar-refractivity contribution < 1.29 is 24.4 Å². The molecule has 130 valence electrons. The van der Waals surface area contributed by atoms with E-state index < -0.39 is 27.8 Å². The predicted octanol–water partition coefficient (Wildman–Crippen LogP) is 0.761. The Labute approximate surface area is 145 Å². The highest BCUT2D eigenvalue weighted by Gasteiger charge is 2.75. The first-order valence-electron chi connectivity index (χ1n) is 8.66. The zero-order valence-electron chi connectivity index (χ0n) is 13.7. The van der Waals surface area contributed by atoms with E-state index in [1.54, 1.807) is 6.07 Å². The van der Waals surface area contributed by atoms with Gasteiger partial charge in [-0.15, -0.1) is 6.42 Å². The number of hydroxylamine groups is 3. The van der Waals surface area contributed by atoms with Gasteiger partial charge in [-0.3, -0.25) is 4.79 Å². The number of rotatable bonds is 1. The summed E-state index contributed by atoms with van der Waals surface area (Å²) >= 11 is 0. The summed E-state index contributed by atoms with van der Waals surface area (Å²) in [6.07, 6.45) is 5.70. The van der Waals surface area contributed by atoms with Crippen LogP contribution in [0.1, 0.15) is 30.4 Å². The van der Waals surface area contributed by atoms with E-state index in [4.69, 9.17) is 11.2 Å². The molecule has 1 saturated heterocycles. The Balaban J connectivity index is 1.82. The van der Waals surface area contributed by atoms with Gasteiger partial charge in [-0.2, -0.15) is 0 Å². The van der Waals surface area contributed by atoms with Gasteiger partial charge in [0, 0.05) is 24.8 Å². The number of quaternary nitrogens is 1. The summed E-state index contributed by atoms with van der Waals surface area (Å²) in [5.74, 6) is 2.68. The monoisotopic (exact) mass is 341 g/mol. The van der Waals surface area contributed by atoms with Crippen LogP contribution in [0.3, 0.4) is 0 Å². The van der Waals surface area contributed by atoms with Crippen molar-refractivity contribution >= 4 is 5.78 Å². The minimum atomic E-state index is -1.35. The van der Waals surface area contributed by atoms with Gasteiger partial charge in [0.2, 0.25) is 0 Å². The number of nitrogens with zero attached hydrogens (tertiary/aromatic N) is 1. The van der Waals surface area contributed by atoms with Crippen molar-refractivity contribution in [3.63, 3.8) is 0 Å². The molecule has 5 rings (SSSR count). The molecule has 1 saturated carbocycles. The molecule has 0 radical (unpaired) electrons. The first-order chi connectivity index (χ1) is 11.9. The number of aromatic hydroxyl groups is 1. The first-order valence-corrected chi connectivity index (χ1v) is 8.66. The summed E-state index contributed by atoms with van der Waals surface area (Å²) in [4.78, 5) is 12.6. The second kappa shape index (κ2) is 4.36. The van der Waals surface area contributed by atoms with E-state index >= 15 is 0 Å². The molecule has 2 unspecified atom stereocenters. The number of benzene rings is 1. The molecule has 1 aromatic rings. The zero-order chi connectivity index (χ0) is 17.6. The molecule has 6 nitrogen and oxygen atoms in total. The van der Waals surface area contributed by atoms with E-state index in [9.17, 15) is 20.2 Å². The lowest BCUT2D eigenvalue weighted by Crippen LogP contribution is -2.80. The number of hydrogen-bond donors (Lipinski definition) is 2. The van der Waals surface area contributed by atoms with Crippen LogP contribution in [-0.4, -0.2) is 51.5 Å². The number of likely N-dealkylation sites (tertiary alicyclic amines) is 1. The van der Waals surface area contributed by atoms with Crippen LogP contribution in [0.5, 0.6) is 11.5 Å². The summed E-state index contributed by atoms with van der Waals surface area (Å²) in [7, 11) is 0. The van der Waals surface area contributed by atoms with Crippen LogP contribution < -0.4 is 4.74 Å². The molecule has 0 aromatic heterocycles. The number of hydrogen-bond acceptors (Lipinski definition) is 5. The molecule has 6 heteroatoms. The van der Waals surface area contributed by atoms with Gasteiger partial charge in [-0.1, -0.05) is 6.07 Å². The van der Waals surface area contributed by atoms with Crippen LogP contribution in [0.4, 0.5) is 0 Å². The Morgan fingerprint density at radius 3 is 3.00 bits per heavy atom. The lowest BCUT2D eigenvalue weighted by Gasteiger charge is -2.66. The number of phenols is 1. The van der Waals surface area contributed by atoms with E-state index in [0.29, 0.717) is 18.6 Å². The summed E-state index contributed by atoms with van der Waals surface area (Å²) in [5.41, 5.74) is -0.699. The number of ether oxygens (including phenoxy) is 1. The fourth-order valence-electron chi connectivity index (χ4n) is 5.93. The highest BCUT2D eigenvalue weighted by atomic mass is 16.6. The molecule has 2 fully saturated rings. The Morgan fingerprint density at radius 2 is 2.24 bits per heavy atom. The molecular weight excluding hydrogens is 322 g/mol. The number of terminal acetylenes is 1. The molecule has 5 atom stereocenters. The largest absolute Gasteiger partial charge is 0.632 e. The molecular formula is C19H19NO5.